The monoisotopic (exact) mass is 474 g/mol. The van der Waals surface area contributed by atoms with Crippen molar-refractivity contribution in [1.82, 2.24) is 10.6 Å². The fraction of sp³-hybridized carbons (Fsp3) is 0.692. The summed E-state index contributed by atoms with van der Waals surface area (Å²) in [4.78, 5) is 43.2. The largest absolute Gasteiger partial charge is 0.480 e. The van der Waals surface area contributed by atoms with Crippen molar-refractivity contribution < 1.29 is 55.7 Å². The second kappa shape index (κ2) is 12.0. The van der Waals surface area contributed by atoms with Gasteiger partial charge in [-0.25, -0.2) is 9.59 Å². The number of hydrogen-bond acceptors (Lipinski definition) is 6. The van der Waals surface area contributed by atoms with E-state index in [1.54, 1.807) is 0 Å². The van der Waals surface area contributed by atoms with Crippen molar-refractivity contribution in [3.63, 3.8) is 0 Å². The number of aliphatic carboxylic acids is 2. The molecule has 0 saturated carbocycles. The van der Waals surface area contributed by atoms with Crippen LogP contribution in [0.2, 0.25) is 0 Å². The minimum absolute atomic E-state index is 0.0208. The molecule has 2 amide bonds. The molecule has 8 nitrogen and oxygen atoms in total. The lowest BCUT2D eigenvalue weighted by Gasteiger charge is -2.16. The molecule has 4 N–H and O–H groups in total. The highest BCUT2D eigenvalue weighted by Gasteiger charge is 2.41. The van der Waals surface area contributed by atoms with Crippen LogP contribution in [0.25, 0.3) is 0 Å². The summed E-state index contributed by atoms with van der Waals surface area (Å²) in [6.07, 6.45) is -11.0. The summed E-state index contributed by atoms with van der Waals surface area (Å²) in [7, 11) is 2.09. The molecule has 0 aromatic rings. The quantitative estimate of drug-likeness (QED) is 0.191. The van der Waals surface area contributed by atoms with E-state index in [1.807, 2.05) is 0 Å². The predicted octanol–water partition coefficient (Wildman–Crippen LogP) is 1.80. The molecule has 0 spiro atoms. The number of carbonyl (C=O) groups excluding carboxylic acids is 2. The number of nitrogens with one attached hydrogen (secondary N) is 2. The van der Waals surface area contributed by atoms with Crippen LogP contribution in [-0.2, 0) is 19.2 Å². The Morgan fingerprint density at radius 2 is 1.10 bits per heavy atom. The topological polar surface area (TPSA) is 133 Å². The van der Waals surface area contributed by atoms with E-state index in [0.29, 0.717) is 0 Å². The molecule has 29 heavy (non-hydrogen) atoms. The van der Waals surface area contributed by atoms with Gasteiger partial charge in [0.15, 0.2) is 0 Å². The van der Waals surface area contributed by atoms with Gasteiger partial charge < -0.3 is 20.8 Å². The van der Waals surface area contributed by atoms with Gasteiger partial charge in [-0.1, -0.05) is 21.6 Å². The zero-order chi connectivity index (χ0) is 22.8. The van der Waals surface area contributed by atoms with Crippen LogP contribution in [0.4, 0.5) is 26.3 Å². The average Bonchev–Trinajstić information content (AvgIpc) is 2.56. The van der Waals surface area contributed by atoms with E-state index in [2.05, 4.69) is 0 Å². The third-order valence-electron chi connectivity index (χ3n) is 3.02. The van der Waals surface area contributed by atoms with Gasteiger partial charge >= 0.3 is 36.1 Å². The van der Waals surface area contributed by atoms with Crippen LogP contribution in [-0.4, -0.2) is 69.9 Å². The van der Waals surface area contributed by atoms with E-state index in [-0.39, 0.29) is 30.8 Å². The maximum absolute atomic E-state index is 12.1. The first kappa shape index (κ1) is 27.2. The Balaban J connectivity index is 4.21. The number of rotatable bonds is 12. The Hall–Kier alpha value is -1.84. The summed E-state index contributed by atoms with van der Waals surface area (Å²) < 4.78 is 72.7. The third-order valence-corrected chi connectivity index (χ3v) is 5.54. The number of carboxylic acids is 2. The predicted molar refractivity (Wildman–Crippen MR) is 90.0 cm³/mol. The van der Waals surface area contributed by atoms with Crippen molar-refractivity contribution >= 4 is 45.3 Å². The highest BCUT2D eigenvalue weighted by atomic mass is 33.1. The first-order valence-corrected chi connectivity index (χ1v) is 10.1. The number of carboxylic acid groups (broad SMARTS) is 2. The molecule has 0 fully saturated rings. The maximum Gasteiger partial charge on any atom is 0.471 e. The molecule has 0 aliphatic heterocycles. The Labute approximate surface area is 167 Å². The van der Waals surface area contributed by atoms with E-state index in [9.17, 15) is 45.5 Å². The van der Waals surface area contributed by atoms with E-state index >= 15 is 0 Å². The average molecular weight is 474 g/mol. The van der Waals surface area contributed by atoms with E-state index in [4.69, 9.17) is 10.2 Å². The number of halogens is 6. The zero-order valence-corrected chi connectivity index (χ0v) is 15.9. The van der Waals surface area contributed by atoms with Crippen molar-refractivity contribution in [3.05, 3.63) is 0 Å². The summed E-state index contributed by atoms with van der Waals surface area (Å²) in [5, 5.41) is 20.3. The van der Waals surface area contributed by atoms with Crippen LogP contribution < -0.4 is 10.6 Å². The Kier molecular flexibility index (Phi) is 11.2. The molecule has 16 heteroatoms. The van der Waals surface area contributed by atoms with Gasteiger partial charge in [-0.15, -0.1) is 0 Å². The highest BCUT2D eigenvalue weighted by Crippen LogP contribution is 2.25. The number of carbonyl (C=O) groups is 4. The second-order valence-corrected chi connectivity index (χ2v) is 8.00. The summed E-state index contributed by atoms with van der Waals surface area (Å²) in [5.74, 6) is -7.84. The van der Waals surface area contributed by atoms with Crippen LogP contribution in [0.3, 0.4) is 0 Å². The van der Waals surface area contributed by atoms with Crippen molar-refractivity contribution in [2.75, 3.05) is 11.5 Å². The normalized spacial score (nSPS) is 14.0. The van der Waals surface area contributed by atoms with Crippen LogP contribution in [0, 0.1) is 0 Å². The first-order valence-electron chi connectivity index (χ1n) is 7.61. The van der Waals surface area contributed by atoms with Crippen LogP contribution in [0.1, 0.15) is 19.3 Å². The Morgan fingerprint density at radius 3 is 1.48 bits per heavy atom. The summed E-state index contributed by atoms with van der Waals surface area (Å²) in [5.41, 5.74) is 0. The zero-order valence-electron chi connectivity index (χ0n) is 14.3. The first-order chi connectivity index (χ1) is 13.2. The lowest BCUT2D eigenvalue weighted by atomic mass is 10.1. The van der Waals surface area contributed by atoms with Gasteiger partial charge in [-0.05, 0) is 19.3 Å². The van der Waals surface area contributed by atoms with Crippen molar-refractivity contribution in [1.29, 1.82) is 0 Å². The van der Waals surface area contributed by atoms with Gasteiger partial charge in [0.25, 0.3) is 0 Å². The van der Waals surface area contributed by atoms with Crippen LogP contribution in [0.15, 0.2) is 0 Å². The number of hydrogen-bond donors (Lipinski definition) is 4. The molecule has 2 unspecified atom stereocenters. The van der Waals surface area contributed by atoms with Gasteiger partial charge in [0.2, 0.25) is 0 Å². The SMILES string of the molecule is O=C(O)C(CCCSSCCC(NC(=O)C(F)(F)F)C(=O)O)NC(=O)C(F)(F)F. The minimum Gasteiger partial charge on any atom is -0.480 e. The molecule has 0 aliphatic rings. The van der Waals surface area contributed by atoms with Crippen molar-refractivity contribution in [2.45, 2.75) is 43.7 Å². The van der Waals surface area contributed by atoms with Crippen LogP contribution in [0.5, 0.6) is 0 Å². The lowest BCUT2D eigenvalue weighted by Crippen LogP contribution is -2.47. The Morgan fingerprint density at radius 1 is 0.724 bits per heavy atom. The molecule has 0 rings (SSSR count). The van der Waals surface area contributed by atoms with Crippen molar-refractivity contribution in [3.8, 4) is 0 Å². The van der Waals surface area contributed by atoms with Gasteiger partial charge in [0, 0.05) is 11.5 Å². The molecule has 168 valence electrons. The fourth-order valence-electron chi connectivity index (χ4n) is 1.63. The Bertz CT molecular complexity index is 551. The van der Waals surface area contributed by atoms with Crippen molar-refractivity contribution in [2.24, 2.45) is 0 Å². The standard InChI is InChI=1S/C13H16F6N2O6S2/c14-12(15,16)10(26)20-6(8(22)23)2-1-4-28-29-5-3-7(9(24)25)21-11(27)13(17,18)19/h6-7H,1-5H2,(H,20,26)(H,21,27)(H,22,23)(H,24,25). The van der Waals surface area contributed by atoms with Gasteiger partial charge in [-0.3, -0.25) is 9.59 Å². The summed E-state index contributed by atoms with van der Waals surface area (Å²) >= 11 is 0. The molecule has 0 radical (unpaired) electrons. The van der Waals surface area contributed by atoms with Gasteiger partial charge in [-0.2, -0.15) is 26.3 Å². The van der Waals surface area contributed by atoms with E-state index < -0.39 is 48.2 Å². The molecular formula is C13H16F6N2O6S2. The second-order valence-electron chi connectivity index (χ2n) is 5.30. The summed E-state index contributed by atoms with van der Waals surface area (Å²) in [6.45, 7) is 0. The van der Waals surface area contributed by atoms with Gasteiger partial charge in [0.05, 0.1) is 0 Å². The summed E-state index contributed by atoms with van der Waals surface area (Å²) in [6, 6.07) is -3.50. The molecule has 0 aromatic heterocycles. The van der Waals surface area contributed by atoms with E-state index in [1.165, 1.54) is 10.6 Å². The number of alkyl halides is 6. The van der Waals surface area contributed by atoms with Crippen LogP contribution >= 0.6 is 21.6 Å². The molecule has 2 atom stereocenters. The molecule has 0 heterocycles. The minimum atomic E-state index is -5.22. The smallest absolute Gasteiger partial charge is 0.471 e. The molecule has 0 bridgehead atoms. The molecule has 0 aliphatic carbocycles. The number of amides is 2. The lowest BCUT2D eigenvalue weighted by molar-refractivity contribution is -0.175. The molecule has 0 saturated heterocycles. The maximum atomic E-state index is 12.1. The fourth-order valence-corrected chi connectivity index (χ4v) is 3.83. The third kappa shape index (κ3) is 11.7. The molecule has 0 aromatic carbocycles. The molecular weight excluding hydrogens is 458 g/mol. The highest BCUT2D eigenvalue weighted by molar-refractivity contribution is 8.76. The van der Waals surface area contributed by atoms with E-state index in [0.717, 1.165) is 21.6 Å². The van der Waals surface area contributed by atoms with Gasteiger partial charge in [0.1, 0.15) is 12.1 Å².